The zero-order chi connectivity index (χ0) is 14.5. The lowest BCUT2D eigenvalue weighted by Crippen LogP contribution is -2.27. The van der Waals surface area contributed by atoms with E-state index < -0.39 is 0 Å². The van der Waals surface area contributed by atoms with Crippen LogP contribution in [0.3, 0.4) is 0 Å². The molecule has 1 atom stereocenters. The van der Waals surface area contributed by atoms with Crippen LogP contribution >= 0.6 is 0 Å². The maximum absolute atomic E-state index is 11.9. The zero-order valence-electron chi connectivity index (χ0n) is 11.3. The number of rotatable bonds is 5. The van der Waals surface area contributed by atoms with E-state index in [1.165, 1.54) is 0 Å². The van der Waals surface area contributed by atoms with E-state index in [0.717, 1.165) is 6.42 Å². The van der Waals surface area contributed by atoms with Crippen LogP contribution in [0.25, 0.3) is 0 Å². The highest BCUT2D eigenvalue weighted by molar-refractivity contribution is 5.98. The molecule has 0 spiro atoms. The van der Waals surface area contributed by atoms with Crippen molar-refractivity contribution in [1.82, 2.24) is 5.32 Å². The van der Waals surface area contributed by atoms with Crippen molar-refractivity contribution >= 4 is 17.5 Å². The molecule has 2 rings (SSSR count). The summed E-state index contributed by atoms with van der Waals surface area (Å²) in [6.07, 6.45) is 1.02. The topological polar surface area (TPSA) is 87.7 Å². The maximum Gasteiger partial charge on any atom is 0.262 e. The van der Waals surface area contributed by atoms with Gasteiger partial charge in [-0.1, -0.05) is 0 Å². The molecule has 0 fully saturated rings. The van der Waals surface area contributed by atoms with Gasteiger partial charge in [0.2, 0.25) is 0 Å². The summed E-state index contributed by atoms with van der Waals surface area (Å²) in [4.78, 5) is 23.1. The molecule has 1 aliphatic heterocycles. The van der Waals surface area contributed by atoms with Crippen LogP contribution in [0.15, 0.2) is 18.2 Å². The van der Waals surface area contributed by atoms with Crippen LogP contribution in [0.2, 0.25) is 0 Å². The first-order valence-electron chi connectivity index (χ1n) is 6.59. The number of hydrogen-bond donors (Lipinski definition) is 3. The summed E-state index contributed by atoms with van der Waals surface area (Å²) in [5.74, 6) is 0.105. The largest absolute Gasteiger partial charge is 0.482 e. The van der Waals surface area contributed by atoms with Crippen LogP contribution in [-0.2, 0) is 4.79 Å². The van der Waals surface area contributed by atoms with E-state index in [1.54, 1.807) is 25.1 Å². The van der Waals surface area contributed by atoms with Gasteiger partial charge in [-0.05, 0) is 38.0 Å². The van der Waals surface area contributed by atoms with Gasteiger partial charge in [-0.25, -0.2) is 0 Å². The van der Waals surface area contributed by atoms with Crippen molar-refractivity contribution in [2.24, 2.45) is 0 Å². The highest BCUT2D eigenvalue weighted by Crippen LogP contribution is 2.28. The fourth-order valence-corrected chi connectivity index (χ4v) is 1.92. The van der Waals surface area contributed by atoms with E-state index in [-0.39, 0.29) is 24.5 Å². The standard InChI is InChI=1S/C14H18N2O4/c1-9(17)3-2-6-15-14(19)10-4-5-11-12(7-10)20-8-13(18)16-11/h4-5,7,9,17H,2-3,6,8H2,1H3,(H,15,19)(H,16,18). The Balaban J connectivity index is 1.92. The molecule has 0 aliphatic carbocycles. The van der Waals surface area contributed by atoms with Crippen molar-refractivity contribution in [2.75, 3.05) is 18.5 Å². The summed E-state index contributed by atoms with van der Waals surface area (Å²) in [5, 5.41) is 14.6. The molecule has 1 aromatic carbocycles. The van der Waals surface area contributed by atoms with Gasteiger partial charge in [-0.15, -0.1) is 0 Å². The second kappa shape index (κ2) is 6.38. The van der Waals surface area contributed by atoms with E-state index in [4.69, 9.17) is 9.84 Å². The van der Waals surface area contributed by atoms with Gasteiger partial charge < -0.3 is 20.5 Å². The van der Waals surface area contributed by atoms with Gasteiger partial charge in [0.25, 0.3) is 11.8 Å². The van der Waals surface area contributed by atoms with Crippen LogP contribution in [0.5, 0.6) is 5.75 Å². The molecule has 1 heterocycles. The maximum atomic E-state index is 11.9. The lowest BCUT2D eigenvalue weighted by Gasteiger charge is -2.18. The van der Waals surface area contributed by atoms with Crippen molar-refractivity contribution in [3.05, 3.63) is 23.8 Å². The Labute approximate surface area is 117 Å². The third kappa shape index (κ3) is 3.71. The van der Waals surface area contributed by atoms with E-state index >= 15 is 0 Å². The second-order valence-electron chi connectivity index (χ2n) is 4.79. The smallest absolute Gasteiger partial charge is 0.262 e. The molecule has 1 aliphatic rings. The SMILES string of the molecule is CC(O)CCCNC(=O)c1ccc2c(c1)OCC(=O)N2. The number of nitrogens with one attached hydrogen (secondary N) is 2. The molecule has 3 N–H and O–H groups in total. The second-order valence-corrected chi connectivity index (χ2v) is 4.79. The van der Waals surface area contributed by atoms with Crippen molar-refractivity contribution < 1.29 is 19.4 Å². The first-order valence-corrected chi connectivity index (χ1v) is 6.59. The molecule has 0 aromatic heterocycles. The molecular weight excluding hydrogens is 260 g/mol. The number of amides is 2. The minimum Gasteiger partial charge on any atom is -0.482 e. The molecule has 6 nitrogen and oxygen atoms in total. The number of carbonyl (C=O) groups is 2. The van der Waals surface area contributed by atoms with Crippen molar-refractivity contribution in [2.45, 2.75) is 25.9 Å². The number of aliphatic hydroxyl groups excluding tert-OH is 1. The van der Waals surface area contributed by atoms with Crippen LogP contribution in [0, 0.1) is 0 Å². The molecule has 108 valence electrons. The Morgan fingerprint density at radius 2 is 2.35 bits per heavy atom. The number of fused-ring (bicyclic) bond motifs is 1. The minimum absolute atomic E-state index is 0.0353. The van der Waals surface area contributed by atoms with Crippen LogP contribution in [0.1, 0.15) is 30.1 Å². The van der Waals surface area contributed by atoms with Gasteiger partial charge in [0.05, 0.1) is 11.8 Å². The number of hydrogen-bond acceptors (Lipinski definition) is 4. The number of anilines is 1. The van der Waals surface area contributed by atoms with E-state index in [9.17, 15) is 9.59 Å². The van der Waals surface area contributed by atoms with Gasteiger partial charge in [0, 0.05) is 12.1 Å². The van der Waals surface area contributed by atoms with Crippen molar-refractivity contribution in [3.63, 3.8) is 0 Å². The van der Waals surface area contributed by atoms with Gasteiger partial charge in [0.15, 0.2) is 6.61 Å². The minimum atomic E-state index is -0.354. The Kier molecular flexibility index (Phi) is 4.57. The molecule has 0 bridgehead atoms. The first-order chi connectivity index (χ1) is 9.56. The fourth-order valence-electron chi connectivity index (χ4n) is 1.92. The van der Waals surface area contributed by atoms with Gasteiger partial charge >= 0.3 is 0 Å². The summed E-state index contributed by atoms with van der Waals surface area (Å²) in [5.41, 5.74) is 1.06. The van der Waals surface area contributed by atoms with E-state index in [1.807, 2.05) is 0 Å². The van der Waals surface area contributed by atoms with Gasteiger partial charge in [-0.2, -0.15) is 0 Å². The lowest BCUT2D eigenvalue weighted by atomic mass is 10.1. The number of benzene rings is 1. The van der Waals surface area contributed by atoms with E-state index in [0.29, 0.717) is 30.0 Å². The molecule has 1 unspecified atom stereocenters. The number of carbonyl (C=O) groups excluding carboxylic acids is 2. The van der Waals surface area contributed by atoms with E-state index in [2.05, 4.69) is 10.6 Å². The Morgan fingerprint density at radius 1 is 1.55 bits per heavy atom. The monoisotopic (exact) mass is 278 g/mol. The van der Waals surface area contributed by atoms with Gasteiger partial charge in [-0.3, -0.25) is 9.59 Å². The van der Waals surface area contributed by atoms with Crippen molar-refractivity contribution in [3.8, 4) is 5.75 Å². The Morgan fingerprint density at radius 3 is 3.10 bits per heavy atom. The summed E-state index contributed by atoms with van der Waals surface area (Å²) in [7, 11) is 0. The predicted octanol–water partition coefficient (Wildman–Crippen LogP) is 0.908. The average Bonchev–Trinajstić information content (AvgIpc) is 2.42. The average molecular weight is 278 g/mol. The third-order valence-electron chi connectivity index (χ3n) is 2.96. The third-order valence-corrected chi connectivity index (χ3v) is 2.96. The molecule has 6 heteroatoms. The zero-order valence-corrected chi connectivity index (χ0v) is 11.3. The normalized spacial score (nSPS) is 14.8. The molecule has 20 heavy (non-hydrogen) atoms. The lowest BCUT2D eigenvalue weighted by molar-refractivity contribution is -0.118. The molecular formula is C14H18N2O4. The summed E-state index contributed by atoms with van der Waals surface area (Å²) in [6.45, 7) is 2.20. The van der Waals surface area contributed by atoms with Crippen molar-refractivity contribution in [1.29, 1.82) is 0 Å². The van der Waals surface area contributed by atoms with Gasteiger partial charge in [0.1, 0.15) is 5.75 Å². The summed E-state index contributed by atoms with van der Waals surface area (Å²) in [6, 6.07) is 4.90. The molecule has 0 saturated heterocycles. The first kappa shape index (κ1) is 14.3. The van der Waals surface area contributed by atoms with Crippen LogP contribution in [-0.4, -0.2) is 36.2 Å². The van der Waals surface area contributed by atoms with Crippen LogP contribution in [0.4, 0.5) is 5.69 Å². The quantitative estimate of drug-likeness (QED) is 0.699. The summed E-state index contributed by atoms with van der Waals surface area (Å²) >= 11 is 0. The molecule has 0 radical (unpaired) electrons. The molecule has 0 saturated carbocycles. The Bertz CT molecular complexity index is 514. The fraction of sp³-hybridized carbons (Fsp3) is 0.429. The Hall–Kier alpha value is -2.08. The highest BCUT2D eigenvalue weighted by atomic mass is 16.5. The highest BCUT2D eigenvalue weighted by Gasteiger charge is 2.17. The number of ether oxygens (including phenoxy) is 1. The predicted molar refractivity (Wildman–Crippen MR) is 73.8 cm³/mol. The number of aliphatic hydroxyl groups is 1. The summed E-state index contributed by atoms with van der Waals surface area (Å²) < 4.78 is 5.26. The molecule has 1 aromatic rings. The van der Waals surface area contributed by atoms with Crippen LogP contribution < -0.4 is 15.4 Å². The molecule has 2 amide bonds.